The number of aromatic nitrogens is 3. The van der Waals surface area contributed by atoms with Gasteiger partial charge in [0.1, 0.15) is 0 Å². The van der Waals surface area contributed by atoms with Crippen LogP contribution in [0, 0.1) is 13.8 Å². The summed E-state index contributed by atoms with van der Waals surface area (Å²) in [6, 6.07) is 0. The van der Waals surface area contributed by atoms with Gasteiger partial charge in [-0.3, -0.25) is 4.79 Å². The van der Waals surface area contributed by atoms with E-state index < -0.39 is 0 Å². The fourth-order valence-electron chi connectivity index (χ4n) is 2.91. The normalized spacial score (nSPS) is 18.4. The van der Waals surface area contributed by atoms with Crippen LogP contribution >= 0.6 is 11.6 Å². The highest BCUT2D eigenvalue weighted by atomic mass is 35.5. The Balaban J connectivity index is 1.59. The molecule has 0 N–H and O–H groups in total. The first kappa shape index (κ1) is 16.0. The van der Waals surface area contributed by atoms with E-state index in [1.165, 1.54) is 0 Å². The van der Waals surface area contributed by atoms with Crippen LogP contribution in [0.15, 0.2) is 9.05 Å². The molecule has 0 unspecified atom stereocenters. The minimum absolute atomic E-state index is 0.0996. The van der Waals surface area contributed by atoms with Crippen LogP contribution in [0.4, 0.5) is 0 Å². The lowest BCUT2D eigenvalue weighted by atomic mass is 9.97. The van der Waals surface area contributed by atoms with Crippen LogP contribution in [0.5, 0.6) is 0 Å². The van der Waals surface area contributed by atoms with Crippen LogP contribution in [-0.2, 0) is 11.2 Å². The summed E-state index contributed by atoms with van der Waals surface area (Å²) < 4.78 is 10.2. The van der Waals surface area contributed by atoms with Gasteiger partial charge < -0.3 is 13.9 Å². The number of hydrogen-bond acceptors (Lipinski definition) is 6. The molecule has 23 heavy (non-hydrogen) atoms. The first-order valence-electron chi connectivity index (χ1n) is 7.73. The van der Waals surface area contributed by atoms with Crippen LogP contribution in [0.25, 0.3) is 0 Å². The van der Waals surface area contributed by atoms with Gasteiger partial charge in [-0.1, -0.05) is 10.3 Å². The molecule has 1 atom stereocenters. The van der Waals surface area contributed by atoms with Crippen LogP contribution in [0.2, 0.25) is 5.22 Å². The van der Waals surface area contributed by atoms with Crippen molar-refractivity contribution in [3.8, 4) is 0 Å². The smallest absolute Gasteiger partial charge is 0.231 e. The fraction of sp³-hybridized carbons (Fsp3) is 0.600. The predicted molar refractivity (Wildman–Crippen MR) is 82.2 cm³/mol. The molecule has 0 radical (unpaired) electrons. The summed E-state index contributed by atoms with van der Waals surface area (Å²) >= 11 is 5.94. The van der Waals surface area contributed by atoms with E-state index in [9.17, 15) is 4.79 Å². The minimum atomic E-state index is 0.0996. The number of hydrogen-bond donors (Lipinski definition) is 0. The van der Waals surface area contributed by atoms with Gasteiger partial charge in [0.25, 0.3) is 0 Å². The highest BCUT2D eigenvalue weighted by molar-refractivity contribution is 6.29. The molecule has 2 aromatic rings. The standard InChI is InChI=1S/C15H19ClN4O3/c1-9-12(14(16)22-18-9)5-6-13(21)20-7-3-4-11(8-20)15-17-10(2)19-23-15/h11H,3-8H2,1-2H3/t11-/m1/s1. The second-order valence-electron chi connectivity index (χ2n) is 5.88. The minimum Gasteiger partial charge on any atom is -0.344 e. The second kappa shape index (κ2) is 6.70. The Labute approximate surface area is 139 Å². The van der Waals surface area contributed by atoms with E-state index in [0.29, 0.717) is 31.1 Å². The molecule has 1 fully saturated rings. The number of likely N-dealkylation sites (tertiary alicyclic amines) is 1. The Morgan fingerprint density at radius 1 is 1.35 bits per heavy atom. The molecule has 3 rings (SSSR count). The van der Waals surface area contributed by atoms with Gasteiger partial charge in [0, 0.05) is 25.1 Å². The van der Waals surface area contributed by atoms with E-state index in [4.69, 9.17) is 20.6 Å². The van der Waals surface area contributed by atoms with Crippen LogP contribution in [0.3, 0.4) is 0 Å². The summed E-state index contributed by atoms with van der Waals surface area (Å²) in [7, 11) is 0. The van der Waals surface area contributed by atoms with Crippen molar-refractivity contribution < 1.29 is 13.8 Å². The van der Waals surface area contributed by atoms with Gasteiger partial charge in [0.15, 0.2) is 5.82 Å². The van der Waals surface area contributed by atoms with Crippen molar-refractivity contribution in [2.75, 3.05) is 13.1 Å². The SMILES string of the molecule is Cc1noc([C@@H]2CCCN(C(=O)CCc3c(C)noc3Cl)C2)n1. The summed E-state index contributed by atoms with van der Waals surface area (Å²) in [5.74, 6) is 1.47. The topological polar surface area (TPSA) is 85.3 Å². The van der Waals surface area contributed by atoms with E-state index in [1.807, 2.05) is 11.8 Å². The van der Waals surface area contributed by atoms with E-state index in [2.05, 4.69) is 15.3 Å². The lowest BCUT2D eigenvalue weighted by Crippen LogP contribution is -2.39. The van der Waals surface area contributed by atoms with Crippen molar-refractivity contribution in [2.24, 2.45) is 0 Å². The third kappa shape index (κ3) is 3.55. The van der Waals surface area contributed by atoms with Gasteiger partial charge in [-0.25, -0.2) is 0 Å². The Hall–Kier alpha value is -1.89. The van der Waals surface area contributed by atoms with Crippen molar-refractivity contribution in [3.05, 3.63) is 28.2 Å². The molecule has 2 aromatic heterocycles. The average molecular weight is 339 g/mol. The molecule has 0 aliphatic carbocycles. The third-order valence-electron chi connectivity index (χ3n) is 4.19. The maximum Gasteiger partial charge on any atom is 0.231 e. The van der Waals surface area contributed by atoms with Crippen LogP contribution in [0.1, 0.15) is 48.2 Å². The number of halogens is 1. The van der Waals surface area contributed by atoms with Crippen molar-refractivity contribution >= 4 is 17.5 Å². The Bertz CT molecular complexity index is 677. The highest BCUT2D eigenvalue weighted by Gasteiger charge is 2.28. The molecule has 0 saturated carbocycles. The first-order valence-corrected chi connectivity index (χ1v) is 8.11. The molecule has 8 heteroatoms. The van der Waals surface area contributed by atoms with Crippen molar-refractivity contribution in [3.63, 3.8) is 0 Å². The summed E-state index contributed by atoms with van der Waals surface area (Å²) in [4.78, 5) is 18.6. The highest BCUT2D eigenvalue weighted by Crippen LogP contribution is 2.27. The molecule has 1 aliphatic rings. The fourth-order valence-corrected chi connectivity index (χ4v) is 3.18. The monoisotopic (exact) mass is 338 g/mol. The van der Waals surface area contributed by atoms with E-state index in [-0.39, 0.29) is 17.0 Å². The summed E-state index contributed by atoms with van der Waals surface area (Å²) in [6.07, 6.45) is 2.82. The number of carbonyl (C=O) groups excluding carboxylic acids is 1. The zero-order chi connectivity index (χ0) is 16.4. The first-order chi connectivity index (χ1) is 11.0. The van der Waals surface area contributed by atoms with E-state index in [1.54, 1.807) is 6.92 Å². The summed E-state index contributed by atoms with van der Waals surface area (Å²) in [6.45, 7) is 5.00. The van der Waals surface area contributed by atoms with Gasteiger partial charge in [0.05, 0.1) is 11.6 Å². The molecular formula is C15H19ClN4O3. The zero-order valence-electron chi connectivity index (χ0n) is 13.2. The Morgan fingerprint density at radius 2 is 2.17 bits per heavy atom. The lowest BCUT2D eigenvalue weighted by Gasteiger charge is -2.31. The maximum atomic E-state index is 12.5. The van der Waals surface area contributed by atoms with Gasteiger partial charge in [-0.15, -0.1) is 0 Å². The Morgan fingerprint density at radius 3 is 2.83 bits per heavy atom. The molecule has 1 amide bonds. The van der Waals surface area contributed by atoms with Crippen molar-refractivity contribution in [1.29, 1.82) is 0 Å². The molecule has 0 bridgehead atoms. The number of amides is 1. The molecule has 124 valence electrons. The largest absolute Gasteiger partial charge is 0.344 e. The quantitative estimate of drug-likeness (QED) is 0.852. The van der Waals surface area contributed by atoms with Crippen molar-refractivity contribution in [2.45, 2.75) is 45.4 Å². The van der Waals surface area contributed by atoms with Crippen LogP contribution in [-0.4, -0.2) is 39.2 Å². The molecule has 1 aliphatic heterocycles. The Kier molecular flexibility index (Phi) is 4.66. The zero-order valence-corrected chi connectivity index (χ0v) is 14.0. The molecular weight excluding hydrogens is 320 g/mol. The second-order valence-corrected chi connectivity index (χ2v) is 6.22. The lowest BCUT2D eigenvalue weighted by molar-refractivity contribution is -0.132. The molecule has 1 saturated heterocycles. The average Bonchev–Trinajstić information content (AvgIpc) is 3.12. The van der Waals surface area contributed by atoms with E-state index >= 15 is 0 Å². The molecule has 3 heterocycles. The number of rotatable bonds is 4. The predicted octanol–water partition coefficient (Wildman–Crippen LogP) is 2.67. The van der Waals surface area contributed by atoms with Gasteiger partial charge in [0.2, 0.25) is 17.0 Å². The number of aryl methyl sites for hydroxylation is 2. The van der Waals surface area contributed by atoms with Gasteiger partial charge in [-0.05, 0) is 44.7 Å². The summed E-state index contributed by atoms with van der Waals surface area (Å²) in [5.41, 5.74) is 1.54. The third-order valence-corrected chi connectivity index (χ3v) is 4.49. The van der Waals surface area contributed by atoms with Gasteiger partial charge >= 0.3 is 0 Å². The number of piperidine rings is 1. The number of nitrogens with zero attached hydrogens (tertiary/aromatic N) is 4. The summed E-state index contributed by atoms with van der Waals surface area (Å²) in [5, 5.41) is 7.90. The molecule has 0 aromatic carbocycles. The molecule has 7 nitrogen and oxygen atoms in total. The van der Waals surface area contributed by atoms with Gasteiger partial charge in [-0.2, -0.15) is 4.98 Å². The van der Waals surface area contributed by atoms with Crippen molar-refractivity contribution in [1.82, 2.24) is 20.2 Å². The molecule has 0 spiro atoms. The van der Waals surface area contributed by atoms with Crippen LogP contribution < -0.4 is 0 Å². The van der Waals surface area contributed by atoms with E-state index in [0.717, 1.165) is 30.6 Å². The number of carbonyl (C=O) groups is 1. The maximum absolute atomic E-state index is 12.5.